The third-order valence-corrected chi connectivity index (χ3v) is 21.9. The van der Waals surface area contributed by atoms with Crippen LogP contribution in [0.25, 0.3) is 22.1 Å². The van der Waals surface area contributed by atoms with E-state index in [2.05, 4.69) is 4.90 Å². The third kappa shape index (κ3) is 14.2. The maximum Gasteiger partial charge on any atom is 0.475 e. The van der Waals surface area contributed by atoms with Gasteiger partial charge >= 0.3 is 37.3 Å². The minimum atomic E-state index is -5.22. The number of fused-ring (bicyclic) bond motifs is 4. The molecule has 0 radical (unpaired) electrons. The van der Waals surface area contributed by atoms with E-state index >= 15 is 4.57 Å². The fourth-order valence-corrected chi connectivity index (χ4v) is 17.6. The molecular formula is C66H80NO15PSi. The summed E-state index contributed by atoms with van der Waals surface area (Å²) >= 11 is 0. The van der Waals surface area contributed by atoms with E-state index in [0.29, 0.717) is 44.2 Å². The fourth-order valence-electron chi connectivity index (χ4n) is 11.6. The first-order valence-corrected chi connectivity index (χ1v) is 32.9. The third-order valence-electron chi connectivity index (χ3n) is 15.5. The number of hydrogen-bond acceptors (Lipinski definition) is 16. The summed E-state index contributed by atoms with van der Waals surface area (Å²) in [7, 11) is -9.09. The molecule has 16 nitrogen and oxygen atoms in total. The molecular weight excluding hydrogens is 1110 g/mol. The van der Waals surface area contributed by atoms with Crippen molar-refractivity contribution in [3.05, 3.63) is 161 Å². The van der Waals surface area contributed by atoms with Gasteiger partial charge in [-0.2, -0.15) is 0 Å². The van der Waals surface area contributed by atoms with E-state index in [0.717, 1.165) is 38.3 Å². The van der Waals surface area contributed by atoms with Gasteiger partial charge in [0.05, 0.1) is 13.2 Å². The second kappa shape index (κ2) is 28.4. The van der Waals surface area contributed by atoms with Gasteiger partial charge in [-0.25, -0.2) is 9.36 Å². The molecule has 0 aliphatic heterocycles. The van der Waals surface area contributed by atoms with Gasteiger partial charge in [-0.05, 0) is 94.9 Å². The number of phosphoric acid groups is 1. The van der Waals surface area contributed by atoms with Crippen molar-refractivity contribution in [1.82, 2.24) is 0 Å². The summed E-state index contributed by atoms with van der Waals surface area (Å²) in [5.41, 5.74) is 4.32. The molecule has 2 aliphatic rings. The first-order chi connectivity index (χ1) is 40.4. The van der Waals surface area contributed by atoms with Crippen molar-refractivity contribution in [2.45, 2.75) is 168 Å². The summed E-state index contributed by atoms with van der Waals surface area (Å²) in [4.78, 5) is 73.1. The van der Waals surface area contributed by atoms with Gasteiger partial charge in [0.25, 0.3) is 8.32 Å². The molecule has 84 heavy (non-hydrogen) atoms. The quantitative estimate of drug-likeness (QED) is 0.0155. The van der Waals surface area contributed by atoms with Crippen molar-refractivity contribution in [1.29, 1.82) is 0 Å². The van der Waals surface area contributed by atoms with E-state index in [1.54, 1.807) is 39.8 Å². The van der Waals surface area contributed by atoms with Crippen LogP contribution in [0.5, 0.6) is 0 Å². The summed E-state index contributed by atoms with van der Waals surface area (Å²) in [6.45, 7) is 17.9. The number of hydrogen-bond donors (Lipinski definition) is 0. The number of nitrogens with zero attached hydrogens (tertiary/aromatic N) is 1. The van der Waals surface area contributed by atoms with Gasteiger partial charge in [-0.1, -0.05) is 158 Å². The summed E-state index contributed by atoms with van der Waals surface area (Å²) in [5.74, 6) is -3.48. The lowest BCUT2D eigenvalue weighted by Gasteiger charge is -2.52. The largest absolute Gasteiger partial charge is 0.475 e. The number of benzene rings is 5. The highest BCUT2D eigenvalue weighted by Gasteiger charge is 2.64. The van der Waals surface area contributed by atoms with E-state index in [-0.39, 0.29) is 43.4 Å². The predicted octanol–water partition coefficient (Wildman–Crippen LogP) is 12.3. The summed E-state index contributed by atoms with van der Waals surface area (Å²) in [5, 5.41) is 1.28. The summed E-state index contributed by atoms with van der Waals surface area (Å²) in [6.07, 6.45) is -9.61. The van der Waals surface area contributed by atoms with Crippen molar-refractivity contribution >= 4 is 67.0 Å². The number of rotatable bonds is 27. The SMILES string of the molecule is CCCC(=O)O[C@@H]1[C@@H](OC(=O)CCC)[C@H](O[Si](c2ccccc2)(c2ccccc2)C(C)(C)C)[C@H](OC(=O)CCC)[C@H](OP(=O)(OCc2cc(=O)oc3cc(N(CC)CC)ccc23)OCC2c3ccccc3-c3ccccc32)[C@H]1OC(=O)CCC. The Morgan fingerprint density at radius 2 is 0.988 bits per heavy atom. The Kier molecular flexibility index (Phi) is 21.4. The normalized spacial score (nSPS) is 19.4. The Labute approximate surface area is 494 Å². The van der Waals surface area contributed by atoms with E-state index in [1.165, 1.54) is 6.07 Å². The molecule has 0 N–H and O–H groups in total. The van der Waals surface area contributed by atoms with Gasteiger partial charge in [0.2, 0.25) is 0 Å². The Bertz CT molecular complexity index is 3240. The second-order valence-electron chi connectivity index (χ2n) is 22.3. The lowest BCUT2D eigenvalue weighted by Crippen LogP contribution is -2.74. The van der Waals surface area contributed by atoms with Gasteiger partial charge in [0.1, 0.15) is 17.8 Å². The fraction of sp³-hybridized carbons (Fsp3) is 0.439. The number of phosphoric ester groups is 1. The number of esters is 4. The topological polar surface area (TPSA) is 193 Å². The van der Waals surface area contributed by atoms with E-state index in [4.69, 9.17) is 41.4 Å². The molecule has 6 aromatic rings. The first-order valence-electron chi connectivity index (χ1n) is 29.6. The molecule has 1 fully saturated rings. The van der Waals surface area contributed by atoms with E-state index in [9.17, 15) is 24.0 Å². The van der Waals surface area contributed by atoms with Crippen molar-refractivity contribution in [2.24, 2.45) is 0 Å². The van der Waals surface area contributed by atoms with Gasteiger partial charge in [-0.3, -0.25) is 32.7 Å². The zero-order chi connectivity index (χ0) is 60.2. The highest BCUT2D eigenvalue weighted by Crippen LogP contribution is 2.57. The predicted molar refractivity (Wildman–Crippen MR) is 325 cm³/mol. The molecule has 1 heterocycles. The Morgan fingerprint density at radius 3 is 1.45 bits per heavy atom. The Morgan fingerprint density at radius 1 is 0.548 bits per heavy atom. The lowest BCUT2D eigenvalue weighted by molar-refractivity contribution is -0.248. The molecule has 5 aromatic carbocycles. The smallest absolute Gasteiger partial charge is 0.457 e. The average molecular weight is 1190 g/mol. The lowest BCUT2D eigenvalue weighted by atomic mass is 9.84. The van der Waals surface area contributed by atoms with Crippen molar-refractivity contribution < 1.29 is 65.1 Å². The zero-order valence-electron chi connectivity index (χ0n) is 49.7. The van der Waals surface area contributed by atoms with Gasteiger partial charge < -0.3 is 32.7 Å². The van der Waals surface area contributed by atoms with Crippen molar-refractivity contribution in [2.75, 3.05) is 24.6 Å². The maximum atomic E-state index is 16.7. The molecule has 7 atom stereocenters. The number of carbonyl (C=O) groups is 4. The Hall–Kier alpha value is -6.72. The second-order valence-corrected chi connectivity index (χ2v) is 28.2. The van der Waals surface area contributed by atoms with Crippen LogP contribution in [0, 0.1) is 0 Å². The molecule has 1 aromatic heterocycles. The standard InChI is InChI=1S/C66H80NO15PSi/c1-10-26-55(68)77-60-61(78-56(69)27-11-2)64(63(80-58(71)29-13-4)65(62(60)79-57(70)28-12-3)82-84(66(7,8)9,46-30-18-16-19-31-46)47-32-20-17-21-33-47)81-83(73,75-43-53-51-36-24-22-34-49(51)50-35-23-25-37-52(50)53)74-42-44-40-59(72)76-54-41-45(38-39-48(44)54)67(14-5)15-6/h16-25,30-41,53,60-65H,10-15,26-29,42-43H2,1-9H3/t60-,61-,62+,63+,64+,65-,83?/m0/s1. The van der Waals surface area contributed by atoms with Gasteiger partial charge in [-0.15, -0.1) is 0 Å². The van der Waals surface area contributed by atoms with Crippen LogP contribution in [-0.2, 0) is 67.3 Å². The van der Waals surface area contributed by atoms with Gasteiger partial charge in [0.15, 0.2) is 24.4 Å². The number of carbonyl (C=O) groups excluding carboxylic acids is 4. The highest BCUT2D eigenvalue weighted by atomic mass is 31.2. The van der Waals surface area contributed by atoms with Crippen LogP contribution in [0.15, 0.2) is 143 Å². The van der Waals surface area contributed by atoms with Crippen LogP contribution in [-0.4, -0.2) is 88.5 Å². The molecule has 1 saturated carbocycles. The maximum absolute atomic E-state index is 16.7. The van der Waals surface area contributed by atoms with Crippen LogP contribution >= 0.6 is 7.82 Å². The molecule has 0 bridgehead atoms. The molecule has 18 heteroatoms. The summed E-state index contributed by atoms with van der Waals surface area (Å²) in [6, 6.07) is 41.5. The molecule has 2 aliphatic carbocycles. The molecule has 0 amide bonds. The zero-order valence-corrected chi connectivity index (χ0v) is 51.6. The van der Waals surface area contributed by atoms with Crippen LogP contribution < -0.4 is 20.9 Å². The monoisotopic (exact) mass is 1190 g/mol. The average Bonchev–Trinajstić information content (AvgIpc) is 2.44. The van der Waals surface area contributed by atoms with Crippen molar-refractivity contribution in [3.63, 3.8) is 0 Å². The van der Waals surface area contributed by atoms with Crippen LogP contribution in [0.1, 0.15) is 136 Å². The van der Waals surface area contributed by atoms with Crippen LogP contribution in [0.2, 0.25) is 5.04 Å². The summed E-state index contributed by atoms with van der Waals surface area (Å²) < 4.78 is 76.7. The van der Waals surface area contributed by atoms with Crippen molar-refractivity contribution in [3.8, 4) is 11.1 Å². The molecule has 0 saturated heterocycles. The minimum Gasteiger partial charge on any atom is -0.457 e. The van der Waals surface area contributed by atoms with E-state index < -0.39 is 99.8 Å². The first kappa shape index (κ1) is 63.3. The Balaban J connectivity index is 1.38. The molecule has 0 spiro atoms. The molecule has 8 rings (SSSR count). The van der Waals surface area contributed by atoms with Gasteiger partial charge in [0, 0.05) is 67.9 Å². The molecule has 448 valence electrons. The van der Waals surface area contributed by atoms with Crippen LogP contribution in [0.4, 0.5) is 5.69 Å². The number of ether oxygens (including phenoxy) is 4. The highest BCUT2D eigenvalue weighted by molar-refractivity contribution is 7.48. The minimum absolute atomic E-state index is 0.0772. The number of anilines is 1. The molecule has 1 unspecified atom stereocenters. The van der Waals surface area contributed by atoms with Crippen LogP contribution in [0.3, 0.4) is 0 Å². The van der Waals surface area contributed by atoms with E-state index in [1.807, 2.05) is 150 Å².